The van der Waals surface area contributed by atoms with Gasteiger partial charge in [0.1, 0.15) is 0 Å². The minimum Gasteiger partial charge on any atom is -0.257 e. The van der Waals surface area contributed by atoms with Gasteiger partial charge >= 0.3 is 0 Å². The van der Waals surface area contributed by atoms with Crippen molar-refractivity contribution in [1.82, 2.24) is 29.9 Å². The molecule has 6 nitrogen and oxygen atoms in total. The molecule has 0 saturated carbocycles. The number of pyridine rings is 6. The Morgan fingerprint density at radius 3 is 1.22 bits per heavy atom. The fourth-order valence-corrected chi connectivity index (χ4v) is 16.8. The summed E-state index contributed by atoms with van der Waals surface area (Å²) in [4.78, 5) is 28.5. The number of hydrogen-bond donors (Lipinski definition) is 0. The largest absolute Gasteiger partial charge is 0.257 e. The second-order valence-corrected chi connectivity index (χ2v) is 30.6. The van der Waals surface area contributed by atoms with Gasteiger partial charge in [-0.1, -0.05) is 114 Å². The SMILES string of the molecule is Cc1cc(C)c2c(c1)Cc1nc(C)c(C)cc1-2.Cc1cc2c(nc1C)Cc1ccc(C)c(C)c1-2.Cc1ccc2c(c1)-c1c(nc(C)c(C)c1C)C2.Cc1ccc2c(c1)Cc1nc(C)c(C)c(C)c1-2.Cc1cccc2c1-c1c(nc(C)c(C)c1C)C2.Cc1cccc2c1Cc1nc(C)c(C)c(C)c1-2. The van der Waals surface area contributed by atoms with Crippen LogP contribution in [-0.4, -0.2) is 29.9 Å². The van der Waals surface area contributed by atoms with E-state index in [9.17, 15) is 0 Å². The number of hydrogen-bond acceptors (Lipinski definition) is 6. The molecule has 0 atom stereocenters. The van der Waals surface area contributed by atoms with Gasteiger partial charge in [0, 0.05) is 106 Å². The highest BCUT2D eigenvalue weighted by atomic mass is 14.8. The fraction of sp³-hybridized carbons (Fsp3) is 0.312. The minimum atomic E-state index is 0.993. The third-order valence-corrected chi connectivity index (χ3v) is 23.8. The van der Waals surface area contributed by atoms with Crippen LogP contribution in [0.25, 0.3) is 66.8 Å². The lowest BCUT2D eigenvalue weighted by atomic mass is 9.95. The van der Waals surface area contributed by atoms with Gasteiger partial charge in [-0.25, -0.2) is 0 Å². The number of nitrogens with zero attached hydrogens (tertiary/aromatic N) is 6. The molecule has 516 valence electrons. The number of fused-ring (bicyclic) bond motifs is 18. The standard InChI is InChI=1S/6C16H17N/c1-9-5-11(3)16-13(6-9)8-15-14(16)7-10(2)12(4)17-15;1-9-5-6-13-8-15-14(16(13)11(9)3)7-10(2)12(4)17-15;1-9-5-6-14-13(7-9)8-15-16(14)11(3)10(2)12(4)17-15;1-9-5-6-13-8-15-16(14(13)7-9)11(3)10(2)12(4)17-15;1-9-6-5-7-13-14(9)8-15-16(13)11(3)10(2)12(4)17-15;1-9-6-5-7-13-8-14-16(15(9)13)11(3)10(2)12(4)17-14/h6*5-7H,8H2,1-4H3. The summed E-state index contributed by atoms with van der Waals surface area (Å²) in [5.74, 6) is 0. The average Bonchev–Trinajstić information content (AvgIpc) is 1.65. The molecule has 6 heteroatoms. The monoisotopic (exact) mass is 1340 g/mol. The van der Waals surface area contributed by atoms with E-state index in [0.717, 1.165) is 49.9 Å². The molecule has 0 radical (unpaired) electrons. The zero-order chi connectivity index (χ0) is 72.9. The van der Waals surface area contributed by atoms with Crippen LogP contribution in [0.1, 0.15) is 202 Å². The third-order valence-electron chi connectivity index (χ3n) is 23.8. The second kappa shape index (κ2) is 27.5. The fourth-order valence-electron chi connectivity index (χ4n) is 16.8. The molecule has 6 aromatic carbocycles. The molecule has 6 aliphatic rings. The highest BCUT2D eigenvalue weighted by Gasteiger charge is 2.30. The molecule has 0 bridgehead atoms. The molecule has 18 rings (SSSR count). The Bertz CT molecular complexity index is 5480. The first-order valence-corrected chi connectivity index (χ1v) is 36.9. The van der Waals surface area contributed by atoms with Crippen LogP contribution in [0.4, 0.5) is 0 Å². The van der Waals surface area contributed by atoms with Gasteiger partial charge < -0.3 is 0 Å². The van der Waals surface area contributed by atoms with E-state index in [1.807, 2.05) is 0 Å². The van der Waals surface area contributed by atoms with Crippen molar-refractivity contribution < 1.29 is 0 Å². The summed E-state index contributed by atoms with van der Waals surface area (Å²) >= 11 is 0. The lowest BCUT2D eigenvalue weighted by Crippen LogP contribution is -1.98. The Morgan fingerprint density at radius 2 is 0.618 bits per heavy atom. The van der Waals surface area contributed by atoms with Gasteiger partial charge in [0.2, 0.25) is 0 Å². The van der Waals surface area contributed by atoms with Crippen LogP contribution in [0.5, 0.6) is 0 Å². The zero-order valence-electron chi connectivity index (χ0n) is 65.3. The van der Waals surface area contributed by atoms with Gasteiger partial charge in [0.15, 0.2) is 0 Å². The Hall–Kier alpha value is -9.78. The van der Waals surface area contributed by atoms with E-state index >= 15 is 0 Å². The van der Waals surface area contributed by atoms with Gasteiger partial charge in [-0.15, -0.1) is 0 Å². The normalized spacial score (nSPS) is 12.5. The molecule has 0 fully saturated rings. The van der Waals surface area contributed by atoms with Gasteiger partial charge in [-0.3, -0.25) is 29.9 Å². The molecule has 0 N–H and O–H groups in total. The molecule has 0 amide bonds. The van der Waals surface area contributed by atoms with Crippen LogP contribution >= 0.6 is 0 Å². The van der Waals surface area contributed by atoms with Crippen LogP contribution in [0, 0.1) is 166 Å². The lowest BCUT2D eigenvalue weighted by Gasteiger charge is -2.12. The predicted molar refractivity (Wildman–Crippen MR) is 429 cm³/mol. The van der Waals surface area contributed by atoms with Crippen molar-refractivity contribution in [2.45, 2.75) is 205 Å². The molecule has 0 unspecified atom stereocenters. The van der Waals surface area contributed by atoms with Gasteiger partial charge in [-0.05, 0) is 329 Å². The number of aromatic nitrogens is 6. The Labute approximate surface area is 608 Å². The van der Waals surface area contributed by atoms with E-state index in [4.69, 9.17) is 29.9 Å². The van der Waals surface area contributed by atoms with Crippen molar-refractivity contribution in [2.75, 3.05) is 0 Å². The molecular formula is C96H102N6. The van der Waals surface area contributed by atoms with E-state index in [-0.39, 0.29) is 0 Å². The highest BCUT2D eigenvalue weighted by molar-refractivity contribution is 5.85. The predicted octanol–water partition coefficient (Wildman–Crippen LogP) is 23.3. The quantitative estimate of drug-likeness (QED) is 0.151. The third kappa shape index (κ3) is 12.8. The van der Waals surface area contributed by atoms with Crippen molar-refractivity contribution in [3.63, 3.8) is 0 Å². The van der Waals surface area contributed by atoms with Crippen molar-refractivity contribution in [3.8, 4) is 66.8 Å². The van der Waals surface area contributed by atoms with Crippen LogP contribution in [0.2, 0.25) is 0 Å². The highest BCUT2D eigenvalue weighted by Crippen LogP contribution is 2.46. The van der Waals surface area contributed by atoms with Gasteiger partial charge in [0.25, 0.3) is 0 Å². The second-order valence-electron chi connectivity index (χ2n) is 30.6. The van der Waals surface area contributed by atoms with Crippen molar-refractivity contribution >= 4 is 0 Å². The maximum absolute atomic E-state index is 4.77. The summed E-state index contributed by atoms with van der Waals surface area (Å²) in [7, 11) is 0. The summed E-state index contributed by atoms with van der Waals surface area (Å²) in [6.07, 6.45) is 5.97. The van der Waals surface area contributed by atoms with Crippen LogP contribution < -0.4 is 0 Å². The smallest absolute Gasteiger partial charge is 0.0532 e. The van der Waals surface area contributed by atoms with E-state index < -0.39 is 0 Å². The van der Waals surface area contributed by atoms with E-state index in [0.29, 0.717) is 0 Å². The Morgan fingerprint density at radius 1 is 0.196 bits per heavy atom. The number of benzene rings is 6. The maximum atomic E-state index is 4.77. The van der Waals surface area contributed by atoms with E-state index in [1.54, 1.807) is 0 Å². The summed E-state index contributed by atoms with van der Waals surface area (Å²) in [5, 5.41) is 0. The van der Waals surface area contributed by atoms with Crippen molar-refractivity contribution in [2.24, 2.45) is 0 Å². The molecule has 0 saturated heterocycles. The first-order valence-electron chi connectivity index (χ1n) is 36.9. The Balaban J connectivity index is 0.000000109. The molecule has 6 heterocycles. The van der Waals surface area contributed by atoms with E-state index in [1.165, 1.54) is 257 Å². The number of aryl methyl sites for hydroxylation is 15. The summed E-state index contributed by atoms with van der Waals surface area (Å²) in [6, 6.07) is 40.3. The molecule has 6 aromatic heterocycles. The summed E-state index contributed by atoms with van der Waals surface area (Å²) in [6.45, 7) is 52.0. The van der Waals surface area contributed by atoms with E-state index in [2.05, 4.69) is 275 Å². The Kier molecular flexibility index (Phi) is 19.1. The van der Waals surface area contributed by atoms with Crippen LogP contribution in [-0.2, 0) is 38.5 Å². The lowest BCUT2D eigenvalue weighted by molar-refractivity contribution is 1.03. The first kappa shape index (κ1) is 70.6. The molecular weight excluding hydrogens is 1240 g/mol. The van der Waals surface area contributed by atoms with Gasteiger partial charge in [0.05, 0.1) is 34.2 Å². The van der Waals surface area contributed by atoms with Gasteiger partial charge in [-0.2, -0.15) is 0 Å². The molecule has 102 heavy (non-hydrogen) atoms. The van der Waals surface area contributed by atoms with Crippen LogP contribution in [0.15, 0.2) is 109 Å². The number of rotatable bonds is 0. The average molecular weight is 1340 g/mol. The van der Waals surface area contributed by atoms with Crippen molar-refractivity contribution in [1.29, 1.82) is 0 Å². The molecule has 12 aromatic rings. The summed E-state index contributed by atoms with van der Waals surface area (Å²) < 4.78 is 0. The zero-order valence-corrected chi connectivity index (χ0v) is 65.3. The molecule has 0 aliphatic heterocycles. The molecule has 6 aliphatic carbocycles. The topological polar surface area (TPSA) is 77.3 Å². The minimum absolute atomic E-state index is 0.993. The summed E-state index contributed by atoms with van der Waals surface area (Å²) in [5.41, 5.74) is 64.3. The van der Waals surface area contributed by atoms with Crippen molar-refractivity contribution in [3.05, 3.63) is 311 Å². The first-order chi connectivity index (χ1) is 48.5. The molecule has 0 spiro atoms. The maximum Gasteiger partial charge on any atom is 0.0532 e. The van der Waals surface area contributed by atoms with Crippen LogP contribution in [0.3, 0.4) is 0 Å².